The van der Waals surface area contributed by atoms with Gasteiger partial charge in [0, 0.05) is 17.0 Å². The summed E-state index contributed by atoms with van der Waals surface area (Å²) in [5, 5.41) is 3.68. The van der Waals surface area contributed by atoms with Crippen LogP contribution < -0.4 is 5.32 Å². The number of thiophene rings is 1. The van der Waals surface area contributed by atoms with Crippen LogP contribution in [0.1, 0.15) is 43.9 Å². The van der Waals surface area contributed by atoms with Crippen molar-refractivity contribution in [1.82, 2.24) is 5.32 Å². The van der Waals surface area contributed by atoms with Gasteiger partial charge in [-0.1, -0.05) is 30.9 Å². The van der Waals surface area contributed by atoms with Gasteiger partial charge in [-0.05, 0) is 31.9 Å². The summed E-state index contributed by atoms with van der Waals surface area (Å²) in [7, 11) is 0. The summed E-state index contributed by atoms with van der Waals surface area (Å²) in [6.07, 6.45) is 6.77. The van der Waals surface area contributed by atoms with Gasteiger partial charge in [0.25, 0.3) is 0 Å². The topological polar surface area (TPSA) is 12.0 Å². The Balaban J connectivity index is 1.86. The molecule has 0 amide bonds. The zero-order valence-corrected chi connectivity index (χ0v) is 10.8. The fourth-order valence-corrected chi connectivity index (χ4v) is 3.28. The van der Waals surface area contributed by atoms with E-state index in [4.69, 9.17) is 11.6 Å². The predicted octanol–water partition coefficient (Wildman–Crippen LogP) is 4.21. The Bertz CT molecular complexity index is 315. The van der Waals surface area contributed by atoms with Gasteiger partial charge < -0.3 is 5.32 Å². The highest BCUT2D eigenvalue weighted by atomic mass is 35.5. The molecule has 1 N–H and O–H groups in total. The minimum Gasteiger partial charge on any atom is -0.307 e. The second-order valence-electron chi connectivity index (χ2n) is 4.68. The summed E-state index contributed by atoms with van der Waals surface area (Å²) in [4.78, 5) is 1.34. The first-order valence-corrected chi connectivity index (χ1v) is 6.87. The molecule has 0 bridgehead atoms. The van der Waals surface area contributed by atoms with E-state index < -0.39 is 0 Å². The lowest BCUT2D eigenvalue weighted by atomic mass is 9.83. The molecule has 15 heavy (non-hydrogen) atoms. The third kappa shape index (κ3) is 3.20. The molecule has 1 heterocycles. The third-order valence-corrected chi connectivity index (χ3v) is 4.51. The standard InChI is InChI=1S/C12H18ClNS/c1-12(7-3-2-4-8-12)14-9-10-5-6-11(13)15-10/h5-6,14H,2-4,7-9H2,1H3. The average Bonchev–Trinajstić information content (AvgIpc) is 2.63. The van der Waals surface area contributed by atoms with E-state index in [2.05, 4.69) is 18.3 Å². The van der Waals surface area contributed by atoms with Crippen molar-refractivity contribution in [1.29, 1.82) is 0 Å². The van der Waals surface area contributed by atoms with Crippen LogP contribution in [-0.4, -0.2) is 5.54 Å². The van der Waals surface area contributed by atoms with Gasteiger partial charge in [-0.15, -0.1) is 11.3 Å². The lowest BCUT2D eigenvalue weighted by Gasteiger charge is -2.34. The molecule has 0 saturated heterocycles. The van der Waals surface area contributed by atoms with E-state index in [1.807, 2.05) is 6.07 Å². The van der Waals surface area contributed by atoms with Gasteiger partial charge in [0.1, 0.15) is 0 Å². The van der Waals surface area contributed by atoms with E-state index in [0.717, 1.165) is 10.9 Å². The van der Waals surface area contributed by atoms with E-state index >= 15 is 0 Å². The van der Waals surface area contributed by atoms with E-state index in [1.165, 1.54) is 37.0 Å². The molecule has 0 aliphatic heterocycles. The van der Waals surface area contributed by atoms with Crippen LogP contribution in [0.25, 0.3) is 0 Å². The van der Waals surface area contributed by atoms with E-state index in [9.17, 15) is 0 Å². The Kier molecular flexibility index (Phi) is 3.70. The van der Waals surface area contributed by atoms with Gasteiger partial charge in [-0.2, -0.15) is 0 Å². The Morgan fingerprint density at radius 2 is 2.07 bits per heavy atom. The number of hydrogen-bond acceptors (Lipinski definition) is 2. The van der Waals surface area contributed by atoms with Crippen LogP contribution in [0.15, 0.2) is 12.1 Å². The largest absolute Gasteiger partial charge is 0.307 e. The summed E-state index contributed by atoms with van der Waals surface area (Å²) < 4.78 is 0.889. The Morgan fingerprint density at radius 1 is 1.33 bits per heavy atom. The van der Waals surface area contributed by atoms with Gasteiger partial charge in [-0.3, -0.25) is 0 Å². The summed E-state index contributed by atoms with van der Waals surface area (Å²) in [5.41, 5.74) is 0.356. The first kappa shape index (κ1) is 11.4. The Hall–Kier alpha value is -0.0500. The van der Waals surface area contributed by atoms with Crippen LogP contribution >= 0.6 is 22.9 Å². The van der Waals surface area contributed by atoms with Crippen LogP contribution in [0.3, 0.4) is 0 Å². The van der Waals surface area contributed by atoms with Gasteiger partial charge in [0.15, 0.2) is 0 Å². The maximum atomic E-state index is 5.91. The van der Waals surface area contributed by atoms with E-state index in [0.29, 0.717) is 5.54 Å². The number of rotatable bonds is 3. The molecule has 0 radical (unpaired) electrons. The summed E-state index contributed by atoms with van der Waals surface area (Å²) in [5.74, 6) is 0. The minimum atomic E-state index is 0.356. The van der Waals surface area contributed by atoms with Gasteiger partial charge in [0.05, 0.1) is 4.34 Å². The fraction of sp³-hybridized carbons (Fsp3) is 0.667. The van der Waals surface area contributed by atoms with Crippen molar-refractivity contribution in [3.05, 3.63) is 21.3 Å². The molecule has 1 aliphatic rings. The van der Waals surface area contributed by atoms with Crippen molar-refractivity contribution in [2.45, 2.75) is 51.1 Å². The van der Waals surface area contributed by atoms with E-state index in [-0.39, 0.29) is 0 Å². The van der Waals surface area contributed by atoms with Crippen LogP contribution in [0.5, 0.6) is 0 Å². The molecule has 1 fully saturated rings. The molecule has 0 spiro atoms. The molecule has 1 nitrogen and oxygen atoms in total. The second kappa shape index (κ2) is 4.86. The van der Waals surface area contributed by atoms with Crippen molar-refractivity contribution in [2.75, 3.05) is 0 Å². The van der Waals surface area contributed by atoms with Crippen molar-refractivity contribution in [3.8, 4) is 0 Å². The molecular formula is C12H18ClNS. The van der Waals surface area contributed by atoms with Gasteiger partial charge >= 0.3 is 0 Å². The lowest BCUT2D eigenvalue weighted by Crippen LogP contribution is -2.43. The summed E-state index contributed by atoms with van der Waals surface area (Å²) >= 11 is 7.59. The molecule has 0 atom stereocenters. The highest BCUT2D eigenvalue weighted by Gasteiger charge is 2.25. The molecular weight excluding hydrogens is 226 g/mol. The Labute approximate surface area is 101 Å². The molecule has 1 aromatic rings. The van der Waals surface area contributed by atoms with Crippen molar-refractivity contribution in [3.63, 3.8) is 0 Å². The molecule has 1 aliphatic carbocycles. The maximum Gasteiger partial charge on any atom is 0.0931 e. The molecule has 3 heteroatoms. The monoisotopic (exact) mass is 243 g/mol. The average molecular weight is 244 g/mol. The van der Waals surface area contributed by atoms with Crippen LogP contribution in [0.2, 0.25) is 4.34 Å². The summed E-state index contributed by atoms with van der Waals surface area (Å²) in [6, 6.07) is 4.10. The first-order valence-electron chi connectivity index (χ1n) is 5.67. The molecule has 0 aromatic carbocycles. The quantitative estimate of drug-likeness (QED) is 0.839. The maximum absolute atomic E-state index is 5.91. The zero-order valence-electron chi connectivity index (χ0n) is 9.18. The minimum absolute atomic E-state index is 0.356. The van der Waals surface area contributed by atoms with Gasteiger partial charge in [-0.25, -0.2) is 0 Å². The lowest BCUT2D eigenvalue weighted by molar-refractivity contribution is 0.253. The van der Waals surface area contributed by atoms with Crippen LogP contribution in [-0.2, 0) is 6.54 Å². The Morgan fingerprint density at radius 3 is 2.67 bits per heavy atom. The second-order valence-corrected chi connectivity index (χ2v) is 6.48. The highest BCUT2D eigenvalue weighted by molar-refractivity contribution is 7.16. The SMILES string of the molecule is CC1(NCc2ccc(Cl)s2)CCCCC1. The summed E-state index contributed by atoms with van der Waals surface area (Å²) in [6.45, 7) is 3.31. The molecule has 0 unspecified atom stereocenters. The number of halogens is 1. The fourth-order valence-electron chi connectivity index (χ4n) is 2.26. The molecule has 1 aromatic heterocycles. The number of hydrogen-bond donors (Lipinski definition) is 1. The zero-order chi connectivity index (χ0) is 10.7. The van der Waals surface area contributed by atoms with Crippen molar-refractivity contribution >= 4 is 22.9 Å². The van der Waals surface area contributed by atoms with Crippen LogP contribution in [0.4, 0.5) is 0 Å². The van der Waals surface area contributed by atoms with Crippen LogP contribution in [0, 0.1) is 0 Å². The normalized spacial score (nSPS) is 20.4. The van der Waals surface area contributed by atoms with E-state index in [1.54, 1.807) is 11.3 Å². The molecule has 2 rings (SSSR count). The number of nitrogens with one attached hydrogen (secondary N) is 1. The van der Waals surface area contributed by atoms with Crippen molar-refractivity contribution in [2.24, 2.45) is 0 Å². The van der Waals surface area contributed by atoms with Crippen molar-refractivity contribution < 1.29 is 0 Å². The molecule has 1 saturated carbocycles. The predicted molar refractivity (Wildman–Crippen MR) is 67.7 cm³/mol. The third-order valence-electron chi connectivity index (χ3n) is 3.28. The smallest absolute Gasteiger partial charge is 0.0931 e. The first-order chi connectivity index (χ1) is 7.18. The molecule has 84 valence electrons. The highest BCUT2D eigenvalue weighted by Crippen LogP contribution is 2.29. The van der Waals surface area contributed by atoms with Gasteiger partial charge in [0.2, 0.25) is 0 Å².